The Balaban J connectivity index is 2.35. The number of nitrogens with one attached hydrogen (secondary N) is 1. The second-order valence-corrected chi connectivity index (χ2v) is 4.44. The number of hydrogen-bond acceptors (Lipinski definition) is 3. The normalized spacial score (nSPS) is 12.4. The van der Waals surface area contributed by atoms with Gasteiger partial charge in [-0.05, 0) is 6.42 Å². The van der Waals surface area contributed by atoms with Gasteiger partial charge >= 0.3 is 12.3 Å². The molecule has 92 valence electrons. The minimum atomic E-state index is -3.97. The third-order valence-corrected chi connectivity index (χ3v) is 3.02. The van der Waals surface area contributed by atoms with Gasteiger partial charge in [-0.15, -0.1) is 11.3 Å². The number of alkyl halides is 4. The van der Waals surface area contributed by atoms with Gasteiger partial charge in [-0.3, -0.25) is 0 Å². The van der Waals surface area contributed by atoms with E-state index in [-0.39, 0.29) is 6.54 Å². The lowest BCUT2D eigenvalue weighted by Crippen LogP contribution is -2.38. The molecular formula is C9H12F4N2S. The molecule has 0 aromatic carbocycles. The first-order valence-corrected chi connectivity index (χ1v) is 5.57. The van der Waals surface area contributed by atoms with Crippen LogP contribution in [0.25, 0.3) is 0 Å². The van der Waals surface area contributed by atoms with Gasteiger partial charge in [0.05, 0.1) is 11.6 Å². The van der Waals surface area contributed by atoms with Crippen LogP contribution < -0.4 is 5.32 Å². The van der Waals surface area contributed by atoms with Gasteiger partial charge in [-0.2, -0.15) is 8.78 Å². The van der Waals surface area contributed by atoms with Crippen LogP contribution in [0.5, 0.6) is 0 Å². The molecule has 0 bridgehead atoms. The Morgan fingerprint density at radius 2 is 2.19 bits per heavy atom. The fraction of sp³-hybridized carbons (Fsp3) is 0.667. The Bertz CT molecular complexity index is 327. The van der Waals surface area contributed by atoms with E-state index in [4.69, 9.17) is 0 Å². The van der Waals surface area contributed by atoms with E-state index < -0.39 is 18.9 Å². The molecule has 1 heterocycles. The average molecular weight is 256 g/mol. The highest BCUT2D eigenvalue weighted by Crippen LogP contribution is 2.21. The van der Waals surface area contributed by atoms with Crippen LogP contribution >= 0.6 is 11.3 Å². The number of halogens is 4. The largest absolute Gasteiger partial charge is 0.319 e. The van der Waals surface area contributed by atoms with E-state index in [0.29, 0.717) is 0 Å². The van der Waals surface area contributed by atoms with Gasteiger partial charge in [0.1, 0.15) is 0 Å². The predicted octanol–water partition coefficient (Wildman–Crippen LogP) is 2.70. The maximum atomic E-state index is 12.5. The van der Waals surface area contributed by atoms with Gasteiger partial charge in [-0.25, -0.2) is 13.8 Å². The summed E-state index contributed by atoms with van der Waals surface area (Å²) < 4.78 is 48.6. The minimum Gasteiger partial charge on any atom is -0.306 e. The quantitative estimate of drug-likeness (QED) is 0.791. The van der Waals surface area contributed by atoms with Crippen molar-refractivity contribution in [3.8, 4) is 0 Å². The molecule has 0 amide bonds. The van der Waals surface area contributed by atoms with E-state index >= 15 is 0 Å². The fourth-order valence-corrected chi connectivity index (χ4v) is 1.85. The summed E-state index contributed by atoms with van der Waals surface area (Å²) in [5.41, 5.74) is 0. The topological polar surface area (TPSA) is 24.9 Å². The van der Waals surface area contributed by atoms with E-state index in [2.05, 4.69) is 10.3 Å². The molecule has 0 spiro atoms. The minimum absolute atomic E-state index is 0.139. The first-order chi connectivity index (χ1) is 7.45. The molecule has 0 aliphatic rings. The molecule has 1 aromatic rings. The van der Waals surface area contributed by atoms with Crippen molar-refractivity contribution in [2.75, 3.05) is 6.54 Å². The van der Waals surface area contributed by atoms with Gasteiger partial charge < -0.3 is 5.32 Å². The highest BCUT2D eigenvalue weighted by atomic mass is 32.1. The van der Waals surface area contributed by atoms with Crippen LogP contribution in [0.3, 0.4) is 0 Å². The van der Waals surface area contributed by atoms with E-state index in [0.717, 1.165) is 16.3 Å². The summed E-state index contributed by atoms with van der Waals surface area (Å²) in [6.45, 7) is 1.05. The molecule has 1 rings (SSSR count). The summed E-state index contributed by atoms with van der Waals surface area (Å²) in [6.07, 6.45) is -1.29. The highest BCUT2D eigenvalue weighted by Gasteiger charge is 2.39. The van der Waals surface area contributed by atoms with Gasteiger partial charge in [0.15, 0.2) is 0 Å². The van der Waals surface area contributed by atoms with Gasteiger partial charge in [0, 0.05) is 17.6 Å². The molecule has 0 aliphatic heterocycles. The molecule has 2 nitrogen and oxygen atoms in total. The third-order valence-electron chi connectivity index (χ3n) is 1.88. The molecule has 0 unspecified atom stereocenters. The summed E-state index contributed by atoms with van der Waals surface area (Å²) in [5, 5.41) is 3.20. The Kier molecular flexibility index (Phi) is 4.67. The summed E-state index contributed by atoms with van der Waals surface area (Å²) in [6, 6.07) is 0. The van der Waals surface area contributed by atoms with E-state index in [1.165, 1.54) is 11.3 Å². The SMILES string of the molecule is CCc1ncc(CNCC(F)(F)C(F)F)s1. The highest BCUT2D eigenvalue weighted by molar-refractivity contribution is 7.11. The fourth-order valence-electron chi connectivity index (χ4n) is 1.02. The number of nitrogens with zero attached hydrogens (tertiary/aromatic N) is 1. The number of aromatic nitrogens is 1. The van der Waals surface area contributed by atoms with Crippen molar-refractivity contribution < 1.29 is 17.6 Å². The predicted molar refractivity (Wildman–Crippen MR) is 54.1 cm³/mol. The van der Waals surface area contributed by atoms with E-state index in [1.54, 1.807) is 6.20 Å². The summed E-state index contributed by atoms with van der Waals surface area (Å²) in [5.74, 6) is -3.97. The Morgan fingerprint density at radius 3 is 2.69 bits per heavy atom. The first kappa shape index (κ1) is 13.4. The zero-order chi connectivity index (χ0) is 12.2. The van der Waals surface area contributed by atoms with Crippen LogP contribution in [0.15, 0.2) is 6.20 Å². The molecule has 16 heavy (non-hydrogen) atoms. The summed E-state index contributed by atoms with van der Waals surface area (Å²) >= 11 is 1.39. The second-order valence-electron chi connectivity index (χ2n) is 3.24. The van der Waals surface area contributed by atoms with Crippen LogP contribution in [0.1, 0.15) is 16.8 Å². The molecule has 0 saturated heterocycles. The van der Waals surface area contributed by atoms with Crippen molar-refractivity contribution in [1.29, 1.82) is 0 Å². The second kappa shape index (κ2) is 5.58. The molecule has 1 aromatic heterocycles. The summed E-state index contributed by atoms with van der Waals surface area (Å²) in [7, 11) is 0. The van der Waals surface area contributed by atoms with Crippen LogP contribution in [0.2, 0.25) is 0 Å². The maximum absolute atomic E-state index is 12.5. The van der Waals surface area contributed by atoms with Crippen LogP contribution in [0.4, 0.5) is 17.6 Å². The van der Waals surface area contributed by atoms with Gasteiger partial charge in [0.2, 0.25) is 0 Å². The Morgan fingerprint density at radius 1 is 1.50 bits per heavy atom. The lowest BCUT2D eigenvalue weighted by Gasteiger charge is -2.15. The zero-order valence-electron chi connectivity index (χ0n) is 8.64. The Labute approximate surface area is 94.7 Å². The molecular weight excluding hydrogens is 244 g/mol. The lowest BCUT2D eigenvalue weighted by molar-refractivity contribution is -0.125. The number of thiazole rings is 1. The lowest BCUT2D eigenvalue weighted by atomic mass is 10.3. The van der Waals surface area contributed by atoms with Crippen molar-refractivity contribution >= 4 is 11.3 Å². The zero-order valence-corrected chi connectivity index (χ0v) is 9.46. The standard InChI is InChI=1S/C9H12F4N2S/c1-2-7-15-4-6(16-7)3-14-5-9(12,13)8(10)11/h4,8,14H,2-3,5H2,1H3. The average Bonchev–Trinajstić information content (AvgIpc) is 2.65. The molecule has 0 atom stereocenters. The van der Waals surface area contributed by atoms with E-state index in [1.807, 2.05) is 6.92 Å². The molecule has 7 heteroatoms. The molecule has 0 aliphatic carbocycles. The van der Waals surface area contributed by atoms with Crippen LogP contribution in [0, 0.1) is 0 Å². The van der Waals surface area contributed by atoms with Crippen molar-refractivity contribution in [3.63, 3.8) is 0 Å². The third kappa shape index (κ3) is 3.71. The number of rotatable bonds is 6. The van der Waals surface area contributed by atoms with Gasteiger partial charge in [-0.1, -0.05) is 6.92 Å². The Hall–Kier alpha value is -0.690. The molecule has 0 saturated carbocycles. The molecule has 1 N–H and O–H groups in total. The van der Waals surface area contributed by atoms with Crippen molar-refractivity contribution in [2.45, 2.75) is 32.2 Å². The van der Waals surface area contributed by atoms with Gasteiger partial charge in [0.25, 0.3) is 0 Å². The van der Waals surface area contributed by atoms with Crippen molar-refractivity contribution in [2.24, 2.45) is 0 Å². The number of hydrogen-bond donors (Lipinski definition) is 1. The van der Waals surface area contributed by atoms with Crippen molar-refractivity contribution in [1.82, 2.24) is 10.3 Å². The number of aryl methyl sites for hydroxylation is 1. The smallest absolute Gasteiger partial charge is 0.306 e. The first-order valence-electron chi connectivity index (χ1n) is 4.76. The van der Waals surface area contributed by atoms with Crippen LogP contribution in [-0.2, 0) is 13.0 Å². The van der Waals surface area contributed by atoms with Crippen LogP contribution in [-0.4, -0.2) is 23.9 Å². The maximum Gasteiger partial charge on any atom is 0.319 e. The molecule has 0 radical (unpaired) electrons. The monoisotopic (exact) mass is 256 g/mol. The summed E-state index contributed by atoms with van der Waals surface area (Å²) in [4.78, 5) is 4.79. The van der Waals surface area contributed by atoms with Crippen molar-refractivity contribution in [3.05, 3.63) is 16.1 Å². The van der Waals surface area contributed by atoms with E-state index in [9.17, 15) is 17.6 Å². The molecule has 0 fully saturated rings.